The van der Waals surface area contributed by atoms with Gasteiger partial charge in [0.15, 0.2) is 5.65 Å². The maximum absolute atomic E-state index is 13.3. The third-order valence-corrected chi connectivity index (χ3v) is 8.05. The minimum Gasteiger partial charge on any atom is -0.444 e. The number of aliphatic hydroxyl groups is 1. The van der Waals surface area contributed by atoms with Gasteiger partial charge in [-0.3, -0.25) is 4.79 Å². The number of alkyl carbamates (subject to hydrolysis) is 1. The third kappa shape index (κ3) is 6.70. The molecule has 2 aromatic heterocycles. The Bertz CT molecular complexity index is 1230. The van der Waals surface area contributed by atoms with E-state index in [1.807, 2.05) is 19.9 Å². The third-order valence-electron chi connectivity index (χ3n) is 8.05. The number of nitrogens with zero attached hydrogens (tertiary/aromatic N) is 4. The predicted molar refractivity (Wildman–Crippen MR) is 142 cm³/mol. The Kier molecular flexibility index (Phi) is 8.68. The highest BCUT2D eigenvalue weighted by molar-refractivity contribution is 5.86. The molecule has 2 aromatic rings. The van der Waals surface area contributed by atoms with Crippen LogP contribution in [0.15, 0.2) is 6.07 Å². The number of halogens is 3. The van der Waals surface area contributed by atoms with Crippen LogP contribution in [0.5, 0.6) is 0 Å². The van der Waals surface area contributed by atoms with Crippen LogP contribution in [0.3, 0.4) is 0 Å². The molecule has 12 heteroatoms. The lowest BCUT2D eigenvalue weighted by Gasteiger charge is -2.35. The molecule has 0 spiro atoms. The van der Waals surface area contributed by atoms with E-state index < -0.39 is 36.4 Å². The smallest absolute Gasteiger partial charge is 0.408 e. The Labute approximate surface area is 232 Å². The maximum atomic E-state index is 13.3. The molecule has 222 valence electrons. The van der Waals surface area contributed by atoms with Gasteiger partial charge < -0.3 is 20.1 Å². The van der Waals surface area contributed by atoms with Crippen molar-refractivity contribution in [3.8, 4) is 0 Å². The van der Waals surface area contributed by atoms with E-state index in [-0.39, 0.29) is 30.6 Å². The molecule has 0 aromatic carbocycles. The molecule has 1 aliphatic heterocycles. The number of amides is 2. The van der Waals surface area contributed by atoms with E-state index in [9.17, 15) is 27.9 Å². The summed E-state index contributed by atoms with van der Waals surface area (Å²) < 4.78 is 46.6. The van der Waals surface area contributed by atoms with Crippen molar-refractivity contribution in [1.29, 1.82) is 0 Å². The second kappa shape index (κ2) is 11.5. The van der Waals surface area contributed by atoms with Gasteiger partial charge in [0.2, 0.25) is 5.91 Å². The van der Waals surface area contributed by atoms with Gasteiger partial charge in [-0.05, 0) is 78.7 Å². The van der Waals surface area contributed by atoms with Gasteiger partial charge in [-0.1, -0.05) is 0 Å². The van der Waals surface area contributed by atoms with Crippen molar-refractivity contribution in [1.82, 2.24) is 24.8 Å². The van der Waals surface area contributed by atoms with Gasteiger partial charge in [0.05, 0.1) is 23.9 Å². The van der Waals surface area contributed by atoms with Crippen molar-refractivity contribution in [2.24, 2.45) is 5.92 Å². The van der Waals surface area contributed by atoms with E-state index in [1.54, 1.807) is 30.2 Å². The number of rotatable bonds is 5. The molecule has 1 unspecified atom stereocenters. The lowest BCUT2D eigenvalue weighted by Crippen LogP contribution is -2.53. The number of fused-ring (bicyclic) bond motifs is 1. The van der Waals surface area contributed by atoms with E-state index in [2.05, 4.69) is 5.32 Å². The number of carbonyl (C=O) groups excluding carboxylic acids is 2. The van der Waals surface area contributed by atoms with Crippen LogP contribution in [0.25, 0.3) is 5.65 Å². The Balaban J connectivity index is 1.54. The molecule has 2 aliphatic rings. The van der Waals surface area contributed by atoms with E-state index in [0.717, 1.165) is 35.5 Å². The van der Waals surface area contributed by atoms with Gasteiger partial charge >= 0.3 is 12.3 Å². The summed E-state index contributed by atoms with van der Waals surface area (Å²) in [7, 11) is 0. The minimum atomic E-state index is -4.16. The number of hydrogen-bond donors (Lipinski definition) is 2. The summed E-state index contributed by atoms with van der Waals surface area (Å²) in [5.74, 6) is -1.77. The molecule has 1 saturated heterocycles. The SMILES string of the molecule is Cc1nc2cc([C@H]3CC[C@H](C(F)(F)F)CC3)nn2c([C@@H]2CCCN(C(=O)C(CO)NC(=O)OC(C)(C)C)C2)c1C. The zero-order chi connectivity index (χ0) is 29.4. The van der Waals surface area contributed by atoms with Crippen molar-refractivity contribution < 1.29 is 32.6 Å². The molecule has 9 nitrogen and oxygen atoms in total. The zero-order valence-electron chi connectivity index (χ0n) is 23.8. The molecule has 40 heavy (non-hydrogen) atoms. The van der Waals surface area contributed by atoms with Crippen molar-refractivity contribution in [2.75, 3.05) is 19.7 Å². The predicted octanol–water partition coefficient (Wildman–Crippen LogP) is 4.77. The maximum Gasteiger partial charge on any atom is 0.408 e. The standard InChI is InChI=1S/C28H40F3N5O4/c1-16-17(2)32-23-13-21(18-8-10-20(11-9-18)28(29,30)31)34-36(23)24(16)19-7-6-12-35(14-19)25(38)22(15-37)33-26(39)40-27(3,4)5/h13,18-20,22,37H,6-12,14-15H2,1-5H3,(H,33,39)/t18-,19-,20-,22?/m1/s1. The van der Waals surface area contributed by atoms with Crippen LogP contribution in [0.2, 0.25) is 0 Å². The highest BCUT2D eigenvalue weighted by Gasteiger charge is 2.42. The van der Waals surface area contributed by atoms with Crippen LogP contribution in [-0.4, -0.2) is 74.1 Å². The Morgan fingerprint density at radius 1 is 1.12 bits per heavy atom. The summed E-state index contributed by atoms with van der Waals surface area (Å²) in [4.78, 5) is 31.9. The molecule has 2 atom stereocenters. The number of aromatic nitrogens is 3. The summed E-state index contributed by atoms with van der Waals surface area (Å²) in [5, 5.41) is 17.2. The molecule has 1 aliphatic carbocycles. The van der Waals surface area contributed by atoms with Crippen LogP contribution in [0.1, 0.15) is 93.8 Å². The fourth-order valence-electron chi connectivity index (χ4n) is 5.90. The Hall–Kier alpha value is -2.89. The number of aryl methyl sites for hydroxylation is 1. The Morgan fingerprint density at radius 2 is 1.80 bits per heavy atom. The molecule has 0 radical (unpaired) electrons. The fraction of sp³-hybridized carbons (Fsp3) is 0.714. The number of carbonyl (C=O) groups is 2. The molecule has 4 rings (SSSR count). The van der Waals surface area contributed by atoms with Crippen molar-refractivity contribution in [3.63, 3.8) is 0 Å². The number of piperidine rings is 1. The number of aliphatic hydroxyl groups excluding tert-OH is 1. The molecule has 2 N–H and O–H groups in total. The second-order valence-electron chi connectivity index (χ2n) is 12.1. The van der Waals surface area contributed by atoms with Gasteiger partial charge in [0, 0.05) is 36.7 Å². The summed E-state index contributed by atoms with van der Waals surface area (Å²) in [6, 6.07) is 0.754. The second-order valence-corrected chi connectivity index (χ2v) is 12.1. The number of hydrogen-bond acceptors (Lipinski definition) is 6. The highest BCUT2D eigenvalue weighted by Crippen LogP contribution is 2.43. The van der Waals surface area contributed by atoms with Crippen molar-refractivity contribution >= 4 is 17.6 Å². The minimum absolute atomic E-state index is 0.0533. The molecular formula is C28H40F3N5O4. The summed E-state index contributed by atoms with van der Waals surface area (Å²) in [5.41, 5.74) is 3.37. The summed E-state index contributed by atoms with van der Waals surface area (Å²) in [6.07, 6.45) is -2.34. The summed E-state index contributed by atoms with van der Waals surface area (Å²) in [6.45, 7) is 9.32. The molecular weight excluding hydrogens is 527 g/mol. The van der Waals surface area contributed by atoms with Gasteiger partial charge in [-0.25, -0.2) is 14.3 Å². The van der Waals surface area contributed by atoms with Crippen LogP contribution in [0.4, 0.5) is 18.0 Å². The molecule has 3 heterocycles. The normalized spacial score (nSPS) is 23.2. The molecule has 2 fully saturated rings. The van der Waals surface area contributed by atoms with Crippen LogP contribution in [0, 0.1) is 19.8 Å². The first-order chi connectivity index (χ1) is 18.7. The number of nitrogens with one attached hydrogen (secondary N) is 1. The van der Waals surface area contributed by atoms with Gasteiger partial charge in [-0.2, -0.15) is 18.3 Å². The first-order valence-electron chi connectivity index (χ1n) is 14.0. The lowest BCUT2D eigenvalue weighted by atomic mass is 9.80. The Morgan fingerprint density at radius 3 is 2.40 bits per heavy atom. The molecule has 1 saturated carbocycles. The van der Waals surface area contributed by atoms with Crippen molar-refractivity contribution in [2.45, 2.75) is 103 Å². The number of alkyl halides is 3. The lowest BCUT2D eigenvalue weighted by molar-refractivity contribution is -0.182. The quantitative estimate of drug-likeness (QED) is 0.539. The monoisotopic (exact) mass is 567 g/mol. The fourth-order valence-corrected chi connectivity index (χ4v) is 5.90. The van der Waals surface area contributed by atoms with E-state index in [1.165, 1.54) is 0 Å². The first kappa shape index (κ1) is 30.1. The number of likely N-dealkylation sites (tertiary alicyclic amines) is 1. The van der Waals surface area contributed by atoms with E-state index in [4.69, 9.17) is 14.8 Å². The van der Waals surface area contributed by atoms with E-state index >= 15 is 0 Å². The van der Waals surface area contributed by atoms with E-state index in [0.29, 0.717) is 31.6 Å². The van der Waals surface area contributed by atoms with Gasteiger partial charge in [0.25, 0.3) is 0 Å². The van der Waals surface area contributed by atoms with Crippen LogP contribution >= 0.6 is 0 Å². The van der Waals surface area contributed by atoms with Crippen LogP contribution in [-0.2, 0) is 9.53 Å². The topological polar surface area (TPSA) is 109 Å². The van der Waals surface area contributed by atoms with Gasteiger partial charge in [0.1, 0.15) is 11.6 Å². The number of ether oxygens (including phenoxy) is 1. The van der Waals surface area contributed by atoms with Crippen molar-refractivity contribution in [3.05, 3.63) is 28.7 Å². The van der Waals surface area contributed by atoms with Gasteiger partial charge in [-0.15, -0.1) is 0 Å². The summed E-state index contributed by atoms with van der Waals surface area (Å²) >= 11 is 0. The molecule has 0 bridgehead atoms. The average molecular weight is 568 g/mol. The first-order valence-corrected chi connectivity index (χ1v) is 14.0. The average Bonchev–Trinajstić information content (AvgIpc) is 3.29. The highest BCUT2D eigenvalue weighted by atomic mass is 19.4. The largest absolute Gasteiger partial charge is 0.444 e. The zero-order valence-corrected chi connectivity index (χ0v) is 23.8. The molecule has 2 amide bonds. The van der Waals surface area contributed by atoms with Crippen LogP contribution < -0.4 is 5.32 Å².